The Hall–Kier alpha value is -4.60. The summed E-state index contributed by atoms with van der Waals surface area (Å²) in [6.07, 6.45) is 0. The number of carbonyl (C=O) groups is 1. The fourth-order valence-corrected chi connectivity index (χ4v) is 5.93. The van der Waals surface area contributed by atoms with E-state index in [1.807, 2.05) is 91.0 Å². The molecule has 186 valence electrons. The van der Waals surface area contributed by atoms with Crippen molar-refractivity contribution in [3.05, 3.63) is 95.9 Å². The molecule has 0 fully saturated rings. The van der Waals surface area contributed by atoms with E-state index in [-0.39, 0.29) is 5.91 Å². The zero-order valence-corrected chi connectivity index (χ0v) is 21.8. The number of nitrogens with zero attached hydrogens (tertiary/aromatic N) is 3. The lowest BCUT2D eigenvalue weighted by molar-refractivity contribution is 0.103. The standard InChI is InChI=1S/C29H21N5O2S2/c1-36-20-14-12-18(13-15-20)22-16-21(17-8-4-2-5-9-17)23-24(30)25(37-28(23)31-22)26(35)32-29-34-33-27(38-29)19-10-6-3-7-11-19/h2-16H,30H2,1H3,(H,32,34,35). The molecule has 3 heterocycles. The van der Waals surface area contributed by atoms with E-state index < -0.39 is 0 Å². The number of fused-ring (bicyclic) bond motifs is 1. The maximum atomic E-state index is 13.3. The van der Waals surface area contributed by atoms with Crippen molar-refractivity contribution in [3.63, 3.8) is 0 Å². The molecular weight excluding hydrogens is 514 g/mol. The summed E-state index contributed by atoms with van der Waals surface area (Å²) in [4.78, 5) is 19.3. The van der Waals surface area contributed by atoms with Gasteiger partial charge < -0.3 is 10.5 Å². The first-order valence-electron chi connectivity index (χ1n) is 11.7. The van der Waals surface area contributed by atoms with E-state index in [1.54, 1.807) is 7.11 Å². The average Bonchev–Trinajstić information content (AvgIpc) is 3.58. The Kier molecular flexibility index (Phi) is 6.28. The largest absolute Gasteiger partial charge is 0.497 e. The number of hydrogen-bond acceptors (Lipinski definition) is 8. The van der Waals surface area contributed by atoms with E-state index in [2.05, 4.69) is 15.5 Å². The van der Waals surface area contributed by atoms with E-state index in [9.17, 15) is 4.79 Å². The maximum absolute atomic E-state index is 13.3. The molecule has 3 N–H and O–H groups in total. The molecule has 6 aromatic rings. The number of aromatic nitrogens is 3. The number of amides is 1. The van der Waals surface area contributed by atoms with Crippen LogP contribution in [0.3, 0.4) is 0 Å². The summed E-state index contributed by atoms with van der Waals surface area (Å²) in [5, 5.41) is 13.1. The molecule has 0 aliphatic rings. The number of pyridine rings is 1. The highest BCUT2D eigenvalue weighted by Gasteiger charge is 2.22. The van der Waals surface area contributed by atoms with Crippen molar-refractivity contribution in [1.29, 1.82) is 0 Å². The first-order valence-corrected chi connectivity index (χ1v) is 13.4. The third-order valence-corrected chi connectivity index (χ3v) is 8.03. The van der Waals surface area contributed by atoms with E-state index in [4.69, 9.17) is 15.5 Å². The van der Waals surface area contributed by atoms with Crippen LogP contribution in [0.2, 0.25) is 0 Å². The predicted octanol–water partition coefficient (Wildman–Crippen LogP) is 6.99. The third-order valence-electron chi connectivity index (χ3n) is 6.04. The number of benzene rings is 3. The third kappa shape index (κ3) is 4.49. The number of thiophene rings is 1. The van der Waals surface area contributed by atoms with Gasteiger partial charge in [0.15, 0.2) is 0 Å². The maximum Gasteiger partial charge on any atom is 0.269 e. The number of hydrogen-bond donors (Lipinski definition) is 2. The number of methoxy groups -OCH3 is 1. The molecule has 38 heavy (non-hydrogen) atoms. The van der Waals surface area contributed by atoms with Crippen LogP contribution in [0.1, 0.15) is 9.67 Å². The van der Waals surface area contributed by atoms with Crippen LogP contribution in [-0.2, 0) is 0 Å². The lowest BCUT2D eigenvalue weighted by Crippen LogP contribution is -2.11. The van der Waals surface area contributed by atoms with Crippen molar-refractivity contribution in [3.8, 4) is 38.7 Å². The summed E-state index contributed by atoms with van der Waals surface area (Å²) in [5.41, 5.74) is 11.6. The number of anilines is 2. The topological polar surface area (TPSA) is 103 Å². The Morgan fingerprint density at radius 2 is 1.53 bits per heavy atom. The number of nitrogens with one attached hydrogen (secondary N) is 1. The second-order valence-electron chi connectivity index (χ2n) is 8.41. The molecule has 3 aromatic heterocycles. The normalized spacial score (nSPS) is 11.0. The minimum absolute atomic E-state index is 0.341. The molecule has 0 saturated carbocycles. The summed E-state index contributed by atoms with van der Waals surface area (Å²) in [6.45, 7) is 0. The van der Waals surface area contributed by atoms with Gasteiger partial charge in [-0.05, 0) is 41.5 Å². The molecule has 0 radical (unpaired) electrons. The van der Waals surface area contributed by atoms with Crippen molar-refractivity contribution in [2.75, 3.05) is 18.2 Å². The van der Waals surface area contributed by atoms with Gasteiger partial charge in [0.2, 0.25) is 5.13 Å². The minimum atomic E-state index is -0.341. The summed E-state index contributed by atoms with van der Waals surface area (Å²) >= 11 is 2.57. The Morgan fingerprint density at radius 1 is 0.842 bits per heavy atom. The monoisotopic (exact) mass is 535 g/mol. The molecule has 0 bridgehead atoms. The van der Waals surface area contributed by atoms with Gasteiger partial charge in [-0.25, -0.2) is 4.98 Å². The molecule has 0 atom stereocenters. The Balaban J connectivity index is 1.41. The second kappa shape index (κ2) is 10.0. The number of rotatable bonds is 6. The fraction of sp³-hybridized carbons (Fsp3) is 0.0345. The van der Waals surface area contributed by atoms with E-state index in [0.29, 0.717) is 20.5 Å². The molecule has 6 rings (SSSR count). The van der Waals surface area contributed by atoms with Crippen LogP contribution in [0.25, 0.3) is 43.2 Å². The Bertz CT molecular complexity index is 1750. The van der Waals surface area contributed by atoms with E-state index >= 15 is 0 Å². The summed E-state index contributed by atoms with van der Waals surface area (Å²) in [7, 11) is 1.64. The second-order valence-corrected chi connectivity index (χ2v) is 10.4. The van der Waals surface area contributed by atoms with Gasteiger partial charge in [-0.1, -0.05) is 72.0 Å². The zero-order valence-electron chi connectivity index (χ0n) is 20.2. The highest BCUT2D eigenvalue weighted by Crippen LogP contribution is 2.42. The molecule has 3 aromatic carbocycles. The van der Waals surface area contributed by atoms with Crippen LogP contribution in [0.15, 0.2) is 91.0 Å². The first kappa shape index (κ1) is 23.8. The summed E-state index contributed by atoms with van der Waals surface area (Å²) in [5.74, 6) is 0.427. The van der Waals surface area contributed by atoms with Gasteiger partial charge in [0.1, 0.15) is 20.5 Å². The molecule has 7 nitrogen and oxygen atoms in total. The average molecular weight is 536 g/mol. The van der Waals surface area contributed by atoms with Crippen LogP contribution in [-0.4, -0.2) is 28.2 Å². The highest BCUT2D eigenvalue weighted by molar-refractivity contribution is 7.21. The van der Waals surface area contributed by atoms with E-state index in [0.717, 1.165) is 44.1 Å². The van der Waals surface area contributed by atoms with Gasteiger partial charge in [-0.2, -0.15) is 0 Å². The smallest absolute Gasteiger partial charge is 0.269 e. The molecule has 0 unspecified atom stereocenters. The van der Waals surface area contributed by atoms with Crippen LogP contribution in [0, 0.1) is 0 Å². The number of carbonyl (C=O) groups excluding carboxylic acids is 1. The van der Waals surface area contributed by atoms with Gasteiger partial charge in [0, 0.05) is 16.5 Å². The number of ether oxygens (including phenoxy) is 1. The van der Waals surface area contributed by atoms with Crippen LogP contribution in [0.4, 0.5) is 10.8 Å². The van der Waals surface area contributed by atoms with Crippen LogP contribution in [0.5, 0.6) is 5.75 Å². The fourth-order valence-electron chi connectivity index (χ4n) is 4.17. The summed E-state index contributed by atoms with van der Waals surface area (Å²) in [6, 6.07) is 29.4. The van der Waals surface area contributed by atoms with Crippen molar-refractivity contribution in [2.24, 2.45) is 0 Å². The lowest BCUT2D eigenvalue weighted by Gasteiger charge is -2.09. The van der Waals surface area contributed by atoms with Crippen molar-refractivity contribution in [1.82, 2.24) is 15.2 Å². The number of nitrogen functional groups attached to an aromatic ring is 1. The molecule has 0 saturated heterocycles. The van der Waals surface area contributed by atoms with Crippen molar-refractivity contribution in [2.45, 2.75) is 0 Å². The summed E-state index contributed by atoms with van der Waals surface area (Å²) < 4.78 is 5.30. The Morgan fingerprint density at radius 3 is 2.21 bits per heavy atom. The molecule has 1 amide bonds. The molecule has 0 aliphatic carbocycles. The van der Waals surface area contributed by atoms with Crippen molar-refractivity contribution >= 4 is 49.6 Å². The van der Waals surface area contributed by atoms with Gasteiger partial charge in [-0.3, -0.25) is 10.1 Å². The lowest BCUT2D eigenvalue weighted by atomic mass is 9.99. The first-order chi connectivity index (χ1) is 18.6. The molecule has 9 heteroatoms. The van der Waals surface area contributed by atoms with Gasteiger partial charge in [0.25, 0.3) is 5.91 Å². The van der Waals surface area contributed by atoms with Crippen molar-refractivity contribution < 1.29 is 9.53 Å². The number of nitrogens with two attached hydrogens (primary N) is 1. The Labute approximate surface area is 226 Å². The molecule has 0 spiro atoms. The SMILES string of the molecule is COc1ccc(-c2cc(-c3ccccc3)c3c(N)c(C(=O)Nc4nnc(-c5ccccc5)s4)sc3n2)cc1. The molecular formula is C29H21N5O2S2. The quantitative estimate of drug-likeness (QED) is 0.238. The van der Waals surface area contributed by atoms with Gasteiger partial charge in [0.05, 0.1) is 18.5 Å². The highest BCUT2D eigenvalue weighted by atomic mass is 32.1. The van der Waals surface area contributed by atoms with Crippen LogP contribution >= 0.6 is 22.7 Å². The predicted molar refractivity (Wildman–Crippen MR) is 155 cm³/mol. The van der Waals surface area contributed by atoms with Crippen LogP contribution < -0.4 is 15.8 Å². The zero-order chi connectivity index (χ0) is 26.1. The minimum Gasteiger partial charge on any atom is -0.497 e. The molecule has 0 aliphatic heterocycles. The van der Waals surface area contributed by atoms with E-state index in [1.165, 1.54) is 22.7 Å². The van der Waals surface area contributed by atoms with Gasteiger partial charge >= 0.3 is 0 Å². The van der Waals surface area contributed by atoms with Gasteiger partial charge in [-0.15, -0.1) is 21.5 Å².